The Balaban J connectivity index is 1.76. The number of nitro groups is 1. The van der Waals surface area contributed by atoms with Gasteiger partial charge in [0, 0.05) is 4.92 Å². The molecule has 1 aromatic heterocycles. The molecule has 0 saturated heterocycles. The highest BCUT2D eigenvalue weighted by Gasteiger charge is 2.44. The van der Waals surface area contributed by atoms with Gasteiger partial charge in [0.25, 0.3) is 10.9 Å². The van der Waals surface area contributed by atoms with Gasteiger partial charge < -0.3 is 14.9 Å². The van der Waals surface area contributed by atoms with E-state index < -0.39 is 50.5 Å². The Morgan fingerprint density at radius 3 is 2.45 bits per heavy atom. The van der Waals surface area contributed by atoms with E-state index in [2.05, 4.69) is 4.74 Å². The molecule has 2 aromatic carbocycles. The van der Waals surface area contributed by atoms with E-state index in [1.54, 1.807) is 0 Å². The average Bonchev–Trinajstić information content (AvgIpc) is 3.08. The van der Waals surface area contributed by atoms with E-state index in [4.69, 9.17) is 0 Å². The second kappa shape index (κ2) is 8.08. The van der Waals surface area contributed by atoms with Gasteiger partial charge in [0.15, 0.2) is 0 Å². The maximum Gasteiger partial charge on any atom is 0.573 e. The molecule has 2 heterocycles. The van der Waals surface area contributed by atoms with Gasteiger partial charge in [0.2, 0.25) is 0 Å². The lowest BCUT2D eigenvalue weighted by molar-refractivity contribution is -0.500. The first-order valence-electron chi connectivity index (χ1n) is 9.08. The van der Waals surface area contributed by atoms with Gasteiger partial charge in [0.1, 0.15) is 22.8 Å². The van der Waals surface area contributed by atoms with Crippen molar-refractivity contribution in [1.82, 2.24) is 4.57 Å². The van der Waals surface area contributed by atoms with Crippen LogP contribution in [0.4, 0.5) is 17.6 Å². The van der Waals surface area contributed by atoms with Crippen LogP contribution in [-0.2, 0) is 0 Å². The number of halogens is 4. The number of aliphatic hydroxyl groups excluding tert-OH is 1. The van der Waals surface area contributed by atoms with Crippen molar-refractivity contribution < 1.29 is 37.4 Å². The highest BCUT2D eigenvalue weighted by atomic mass is 32.2. The Morgan fingerprint density at radius 2 is 1.82 bits per heavy atom. The number of thioether (sulfide) groups is 1. The highest BCUT2D eigenvalue weighted by molar-refractivity contribution is 7.99. The van der Waals surface area contributed by atoms with Crippen molar-refractivity contribution in [2.45, 2.75) is 17.2 Å². The number of hydrogen-bond acceptors (Lipinski definition) is 7. The summed E-state index contributed by atoms with van der Waals surface area (Å²) >= 11 is 0.441. The molecule has 0 amide bonds. The molecular weight excluding hydrogens is 472 g/mol. The number of benzene rings is 2. The van der Waals surface area contributed by atoms with E-state index >= 15 is 0 Å². The minimum Gasteiger partial charge on any atom is -0.506 e. The summed E-state index contributed by atoms with van der Waals surface area (Å²) < 4.78 is 56.8. The minimum atomic E-state index is -4.90. The van der Waals surface area contributed by atoms with Gasteiger partial charge in [0.05, 0.1) is 23.0 Å². The molecule has 0 radical (unpaired) electrons. The zero-order valence-corrected chi connectivity index (χ0v) is 16.9. The zero-order valence-electron chi connectivity index (χ0n) is 16.1. The number of hydrogen-bond donors (Lipinski definition) is 2. The summed E-state index contributed by atoms with van der Waals surface area (Å²) in [7, 11) is 0. The SMILES string of the molecule is O=c1c2c(c(O)cn1-c1ccc(-c3cccc(OC(F)(F)F)c3)cc1F)C([N+](=O)[O-])SC2O. The van der Waals surface area contributed by atoms with Crippen molar-refractivity contribution in [1.29, 1.82) is 0 Å². The van der Waals surface area contributed by atoms with Crippen LogP contribution >= 0.6 is 11.8 Å². The number of fused-ring (bicyclic) bond motifs is 1. The van der Waals surface area contributed by atoms with Gasteiger partial charge in [-0.25, -0.2) is 4.39 Å². The molecule has 2 unspecified atom stereocenters. The first-order chi connectivity index (χ1) is 15.5. The predicted octanol–water partition coefficient (Wildman–Crippen LogP) is 4.26. The van der Waals surface area contributed by atoms with Crippen molar-refractivity contribution in [3.05, 3.63) is 86.1 Å². The Kier molecular flexibility index (Phi) is 5.54. The number of aliphatic hydroxyl groups is 1. The van der Waals surface area contributed by atoms with Crippen LogP contribution in [0.3, 0.4) is 0 Å². The van der Waals surface area contributed by atoms with Gasteiger partial charge in [-0.2, -0.15) is 0 Å². The van der Waals surface area contributed by atoms with Crippen molar-refractivity contribution in [3.63, 3.8) is 0 Å². The smallest absolute Gasteiger partial charge is 0.506 e. The van der Waals surface area contributed by atoms with Crippen LogP contribution in [0.15, 0.2) is 53.5 Å². The fourth-order valence-corrected chi connectivity index (χ4v) is 4.57. The number of aromatic hydroxyl groups is 1. The molecule has 0 bridgehead atoms. The molecule has 33 heavy (non-hydrogen) atoms. The number of nitrogens with zero attached hydrogens (tertiary/aromatic N) is 2. The standard InChI is InChI=1S/C20H12F4N2O6S/c21-12-7-10(9-2-1-3-11(6-9)32-20(22,23)24)4-5-13(12)25-8-14(27)15-16(17(25)28)19(29)33-18(15)26(30)31/h1-8,18-19,27,29H. The van der Waals surface area contributed by atoms with E-state index in [1.807, 2.05) is 0 Å². The number of alkyl halides is 3. The molecule has 1 aliphatic heterocycles. The summed E-state index contributed by atoms with van der Waals surface area (Å²) in [4.78, 5) is 23.3. The Labute approximate surface area is 185 Å². The summed E-state index contributed by atoms with van der Waals surface area (Å²) in [5, 5.41) is 30.0. The second-order valence-corrected chi connectivity index (χ2v) is 8.05. The number of rotatable bonds is 4. The highest BCUT2D eigenvalue weighted by Crippen LogP contribution is 2.51. The Hall–Kier alpha value is -3.58. The molecule has 2 N–H and O–H groups in total. The third-order valence-corrected chi connectivity index (χ3v) is 5.98. The molecule has 172 valence electrons. The normalized spacial score (nSPS) is 17.6. The lowest BCUT2D eigenvalue weighted by atomic mass is 10.0. The Morgan fingerprint density at radius 1 is 1.12 bits per heavy atom. The van der Waals surface area contributed by atoms with E-state index in [-0.39, 0.29) is 22.4 Å². The van der Waals surface area contributed by atoms with Crippen molar-refractivity contribution in [2.24, 2.45) is 0 Å². The topological polar surface area (TPSA) is 115 Å². The number of pyridine rings is 1. The summed E-state index contributed by atoms with van der Waals surface area (Å²) in [5.41, 5.74) is -3.30. The van der Waals surface area contributed by atoms with Gasteiger partial charge in [-0.05, 0) is 47.2 Å². The molecule has 2 atom stereocenters. The fraction of sp³-hybridized carbons (Fsp3) is 0.150. The average molecular weight is 484 g/mol. The first kappa shape index (κ1) is 22.6. The van der Waals surface area contributed by atoms with Gasteiger partial charge in [-0.3, -0.25) is 19.5 Å². The monoisotopic (exact) mass is 484 g/mol. The number of aromatic nitrogens is 1. The van der Waals surface area contributed by atoms with Crippen LogP contribution < -0.4 is 10.3 Å². The molecule has 8 nitrogen and oxygen atoms in total. The lowest BCUT2D eigenvalue weighted by Crippen LogP contribution is -2.24. The first-order valence-corrected chi connectivity index (χ1v) is 10.0. The molecule has 0 fully saturated rings. The molecule has 1 aliphatic rings. The number of ether oxygens (including phenoxy) is 1. The minimum absolute atomic E-state index is 0.173. The summed E-state index contributed by atoms with van der Waals surface area (Å²) in [6.45, 7) is 0. The maximum atomic E-state index is 14.9. The van der Waals surface area contributed by atoms with Crippen LogP contribution in [0, 0.1) is 15.9 Å². The molecule has 0 aliphatic carbocycles. The van der Waals surface area contributed by atoms with E-state index in [0.717, 1.165) is 30.5 Å². The van der Waals surface area contributed by atoms with E-state index in [1.165, 1.54) is 18.2 Å². The van der Waals surface area contributed by atoms with Crippen LogP contribution in [0.25, 0.3) is 16.8 Å². The maximum absolute atomic E-state index is 14.9. The van der Waals surface area contributed by atoms with Gasteiger partial charge >= 0.3 is 6.36 Å². The van der Waals surface area contributed by atoms with Crippen LogP contribution in [0.1, 0.15) is 21.9 Å². The molecule has 4 rings (SSSR count). The quantitative estimate of drug-likeness (QED) is 0.323. The third-order valence-electron chi connectivity index (χ3n) is 4.82. The van der Waals surface area contributed by atoms with Crippen LogP contribution in [0.5, 0.6) is 11.5 Å². The Bertz CT molecular complexity index is 1330. The van der Waals surface area contributed by atoms with Gasteiger partial charge in [-0.15, -0.1) is 13.2 Å². The van der Waals surface area contributed by atoms with E-state index in [0.29, 0.717) is 16.3 Å². The van der Waals surface area contributed by atoms with Crippen molar-refractivity contribution in [2.75, 3.05) is 0 Å². The predicted molar refractivity (Wildman–Crippen MR) is 108 cm³/mol. The van der Waals surface area contributed by atoms with Crippen LogP contribution in [0.2, 0.25) is 0 Å². The summed E-state index contributed by atoms with van der Waals surface area (Å²) in [6.07, 6.45) is -4.09. The van der Waals surface area contributed by atoms with E-state index in [9.17, 15) is 42.7 Å². The molecule has 0 spiro atoms. The lowest BCUT2D eigenvalue weighted by Gasteiger charge is -2.13. The second-order valence-electron chi connectivity index (χ2n) is 6.88. The zero-order chi connectivity index (χ0) is 24.1. The molecule has 13 heteroatoms. The summed E-state index contributed by atoms with van der Waals surface area (Å²) in [6, 6.07) is 8.29. The van der Waals surface area contributed by atoms with Gasteiger partial charge in [-0.1, -0.05) is 18.2 Å². The molecular formula is C20H12F4N2O6S. The fourth-order valence-electron chi connectivity index (χ4n) is 3.48. The van der Waals surface area contributed by atoms with Crippen LogP contribution in [-0.4, -0.2) is 26.1 Å². The third kappa shape index (κ3) is 4.24. The van der Waals surface area contributed by atoms with Crippen molar-refractivity contribution >= 4 is 11.8 Å². The molecule has 0 saturated carbocycles. The largest absolute Gasteiger partial charge is 0.573 e. The van der Waals surface area contributed by atoms with Crippen molar-refractivity contribution in [3.8, 4) is 28.3 Å². The molecule has 3 aromatic rings. The summed E-state index contributed by atoms with van der Waals surface area (Å²) in [5.74, 6) is -2.14.